The second-order valence-corrected chi connectivity index (χ2v) is 6.23. The monoisotopic (exact) mass is 339 g/mol. The quantitative estimate of drug-likeness (QED) is 0.769. The van der Waals surface area contributed by atoms with Crippen LogP contribution in [-0.4, -0.2) is 52.3 Å². The average molecular weight is 339 g/mol. The topological polar surface area (TPSA) is 73.6 Å². The molecular weight excluding hydrogens is 318 g/mol. The largest absolute Gasteiger partial charge is 0.381 e. The number of hydrogen-bond donors (Lipinski definition) is 1. The third-order valence-electron chi connectivity index (χ3n) is 4.72. The second-order valence-electron chi connectivity index (χ2n) is 6.23. The van der Waals surface area contributed by atoms with E-state index in [1.165, 1.54) is 0 Å². The highest BCUT2D eigenvalue weighted by Crippen LogP contribution is 2.25. The molecule has 2 aromatic heterocycles. The van der Waals surface area contributed by atoms with Gasteiger partial charge in [-0.2, -0.15) is 4.52 Å². The number of methoxy groups -OCH3 is 1. The van der Waals surface area contributed by atoms with E-state index in [4.69, 9.17) is 9.47 Å². The van der Waals surface area contributed by atoms with Crippen LogP contribution >= 0.6 is 0 Å². The van der Waals surface area contributed by atoms with Gasteiger partial charge in [-0.15, -0.1) is 15.3 Å². The zero-order chi connectivity index (χ0) is 17.1. The van der Waals surface area contributed by atoms with E-state index >= 15 is 0 Å². The van der Waals surface area contributed by atoms with Crippen molar-refractivity contribution in [2.45, 2.75) is 18.4 Å². The lowest BCUT2D eigenvalue weighted by Gasteiger charge is -2.36. The molecule has 25 heavy (non-hydrogen) atoms. The van der Waals surface area contributed by atoms with Crippen LogP contribution in [-0.2, 0) is 9.47 Å². The first-order valence-electron chi connectivity index (χ1n) is 8.44. The lowest BCUT2D eigenvalue weighted by atomic mass is 9.94. The number of fused-ring (bicyclic) bond motifs is 1. The molecule has 0 unspecified atom stereocenters. The first kappa shape index (κ1) is 16.0. The maximum Gasteiger partial charge on any atom is 0.185 e. The predicted molar refractivity (Wildman–Crippen MR) is 94.5 cm³/mol. The van der Waals surface area contributed by atoms with Crippen molar-refractivity contribution in [2.24, 2.45) is 0 Å². The summed E-state index contributed by atoms with van der Waals surface area (Å²) in [5.74, 6) is 1.50. The van der Waals surface area contributed by atoms with Crippen molar-refractivity contribution < 1.29 is 9.47 Å². The Morgan fingerprint density at radius 3 is 2.68 bits per heavy atom. The Bertz CT molecular complexity index is 843. The maximum atomic E-state index is 5.76. The fourth-order valence-corrected chi connectivity index (χ4v) is 3.10. The Balaban J connectivity index is 1.58. The van der Waals surface area contributed by atoms with Crippen LogP contribution in [0.3, 0.4) is 0 Å². The van der Waals surface area contributed by atoms with Crippen molar-refractivity contribution in [3.05, 3.63) is 42.5 Å². The molecule has 0 aliphatic carbocycles. The number of rotatable bonds is 5. The van der Waals surface area contributed by atoms with E-state index in [2.05, 4.69) is 20.6 Å². The maximum absolute atomic E-state index is 5.76. The second kappa shape index (κ2) is 6.78. The van der Waals surface area contributed by atoms with Gasteiger partial charge in [0.1, 0.15) is 5.82 Å². The van der Waals surface area contributed by atoms with Crippen molar-refractivity contribution in [1.82, 2.24) is 19.8 Å². The summed E-state index contributed by atoms with van der Waals surface area (Å²) in [7, 11) is 1.76. The summed E-state index contributed by atoms with van der Waals surface area (Å²) < 4.78 is 13.0. The fraction of sp³-hybridized carbons (Fsp3) is 0.389. The van der Waals surface area contributed by atoms with Gasteiger partial charge in [0.25, 0.3) is 0 Å². The van der Waals surface area contributed by atoms with Gasteiger partial charge in [-0.3, -0.25) is 0 Å². The minimum Gasteiger partial charge on any atom is -0.381 e. The van der Waals surface area contributed by atoms with Crippen LogP contribution in [0.2, 0.25) is 0 Å². The van der Waals surface area contributed by atoms with Crippen LogP contribution in [0.15, 0.2) is 42.5 Å². The smallest absolute Gasteiger partial charge is 0.185 e. The van der Waals surface area contributed by atoms with Gasteiger partial charge in [-0.1, -0.05) is 30.3 Å². The van der Waals surface area contributed by atoms with E-state index in [0.717, 1.165) is 48.9 Å². The number of anilines is 1. The first-order valence-corrected chi connectivity index (χ1v) is 8.44. The Morgan fingerprint density at radius 2 is 1.92 bits per heavy atom. The van der Waals surface area contributed by atoms with Gasteiger partial charge in [0, 0.05) is 45.3 Å². The third-order valence-corrected chi connectivity index (χ3v) is 4.72. The molecular formula is C18H21N5O2. The summed E-state index contributed by atoms with van der Waals surface area (Å²) in [5.41, 5.74) is 1.50. The summed E-state index contributed by atoms with van der Waals surface area (Å²) in [6.45, 7) is 2.14. The van der Waals surface area contributed by atoms with E-state index in [-0.39, 0.29) is 5.60 Å². The van der Waals surface area contributed by atoms with Crippen LogP contribution in [0.1, 0.15) is 12.8 Å². The number of aromatic nitrogens is 4. The molecule has 0 saturated carbocycles. The molecule has 3 heterocycles. The summed E-state index contributed by atoms with van der Waals surface area (Å²) in [6, 6.07) is 13.8. The van der Waals surface area contributed by atoms with Crippen LogP contribution in [0.4, 0.5) is 5.82 Å². The summed E-state index contributed by atoms with van der Waals surface area (Å²) in [4.78, 5) is 0. The highest BCUT2D eigenvalue weighted by Gasteiger charge is 2.32. The molecule has 130 valence electrons. The molecule has 7 nitrogen and oxygen atoms in total. The minimum absolute atomic E-state index is 0.204. The normalized spacial score (nSPS) is 16.8. The highest BCUT2D eigenvalue weighted by molar-refractivity contribution is 5.59. The molecule has 1 fully saturated rings. The molecule has 0 spiro atoms. The van der Waals surface area contributed by atoms with E-state index in [1.807, 2.05) is 42.5 Å². The molecule has 0 bridgehead atoms. The van der Waals surface area contributed by atoms with Gasteiger partial charge in [-0.05, 0) is 12.1 Å². The zero-order valence-corrected chi connectivity index (χ0v) is 14.2. The molecule has 0 radical (unpaired) electrons. The molecule has 1 N–H and O–H groups in total. The van der Waals surface area contributed by atoms with Crippen molar-refractivity contribution in [3.8, 4) is 11.4 Å². The van der Waals surface area contributed by atoms with Crippen LogP contribution in [0.5, 0.6) is 0 Å². The zero-order valence-electron chi connectivity index (χ0n) is 14.2. The molecule has 1 aromatic carbocycles. The standard InChI is InChI=1S/C18H21N5O2/c1-24-18(9-11-25-12-10-18)13-19-15-7-8-16-20-21-17(23(16)22-15)14-5-3-2-4-6-14/h2-8H,9-13H2,1H3,(H,19,22). The van der Waals surface area contributed by atoms with Crippen molar-refractivity contribution in [2.75, 3.05) is 32.2 Å². The highest BCUT2D eigenvalue weighted by atomic mass is 16.5. The molecule has 3 aromatic rings. The molecule has 1 saturated heterocycles. The molecule has 0 atom stereocenters. The van der Waals surface area contributed by atoms with Gasteiger partial charge < -0.3 is 14.8 Å². The minimum atomic E-state index is -0.204. The van der Waals surface area contributed by atoms with E-state index in [1.54, 1.807) is 11.6 Å². The Hall–Kier alpha value is -2.51. The molecule has 1 aliphatic rings. The summed E-state index contributed by atoms with van der Waals surface area (Å²) in [5, 5.41) is 16.5. The summed E-state index contributed by atoms with van der Waals surface area (Å²) >= 11 is 0. The molecule has 7 heteroatoms. The number of nitrogens with one attached hydrogen (secondary N) is 1. The molecule has 4 rings (SSSR count). The lowest BCUT2D eigenvalue weighted by Crippen LogP contribution is -2.44. The van der Waals surface area contributed by atoms with Gasteiger partial charge in [0.05, 0.1) is 5.60 Å². The Labute approximate surface area is 146 Å². The lowest BCUT2D eigenvalue weighted by molar-refractivity contribution is -0.0807. The molecule has 0 amide bonds. The Kier molecular flexibility index (Phi) is 4.33. The first-order chi connectivity index (χ1) is 12.3. The van der Waals surface area contributed by atoms with E-state index < -0.39 is 0 Å². The molecule has 1 aliphatic heterocycles. The van der Waals surface area contributed by atoms with Crippen LogP contribution in [0, 0.1) is 0 Å². The number of benzene rings is 1. The van der Waals surface area contributed by atoms with E-state index in [9.17, 15) is 0 Å². The number of ether oxygens (including phenoxy) is 2. The van der Waals surface area contributed by atoms with Gasteiger partial charge in [0.2, 0.25) is 0 Å². The Morgan fingerprint density at radius 1 is 1.12 bits per heavy atom. The van der Waals surface area contributed by atoms with E-state index in [0.29, 0.717) is 6.54 Å². The van der Waals surface area contributed by atoms with Crippen molar-refractivity contribution >= 4 is 11.5 Å². The SMILES string of the molecule is COC1(CNc2ccc3nnc(-c4ccccc4)n3n2)CCOCC1. The fourth-order valence-electron chi connectivity index (χ4n) is 3.10. The van der Waals surface area contributed by atoms with Crippen molar-refractivity contribution in [3.63, 3.8) is 0 Å². The predicted octanol–water partition coefficient (Wildman–Crippen LogP) is 2.40. The average Bonchev–Trinajstić information content (AvgIpc) is 3.11. The van der Waals surface area contributed by atoms with Gasteiger partial charge in [0.15, 0.2) is 11.5 Å². The van der Waals surface area contributed by atoms with Crippen LogP contribution in [0.25, 0.3) is 17.0 Å². The third kappa shape index (κ3) is 3.20. The van der Waals surface area contributed by atoms with Crippen LogP contribution < -0.4 is 5.32 Å². The number of hydrogen-bond acceptors (Lipinski definition) is 6. The van der Waals surface area contributed by atoms with Crippen molar-refractivity contribution in [1.29, 1.82) is 0 Å². The number of nitrogens with zero attached hydrogens (tertiary/aromatic N) is 4. The van der Waals surface area contributed by atoms with Gasteiger partial charge >= 0.3 is 0 Å². The summed E-state index contributed by atoms with van der Waals surface area (Å²) in [6.07, 6.45) is 1.75. The van der Waals surface area contributed by atoms with Gasteiger partial charge in [-0.25, -0.2) is 0 Å².